The number of benzene rings is 1. The number of ether oxygens (including phenoxy) is 1. The Kier molecular flexibility index (Phi) is 3.57. The third-order valence-electron chi connectivity index (χ3n) is 1.34. The zero-order chi connectivity index (χ0) is 9.14. The van der Waals surface area contributed by atoms with E-state index in [0.717, 1.165) is 0 Å². The van der Waals surface area contributed by atoms with E-state index in [1.165, 1.54) is 13.2 Å². The van der Waals surface area contributed by atoms with Crippen molar-refractivity contribution in [1.82, 2.24) is 0 Å². The van der Waals surface area contributed by atoms with Crippen LogP contribution in [0, 0.1) is 5.82 Å². The normalized spacial score (nSPS) is 10.4. The molecule has 0 aliphatic carbocycles. The molecule has 0 bridgehead atoms. The Hall–Kier alpha value is -0.0400. The summed E-state index contributed by atoms with van der Waals surface area (Å²) >= 11 is 11.2. The molecule has 1 aromatic rings. The van der Waals surface area contributed by atoms with E-state index in [1.807, 2.05) is 0 Å². The average molecular weight is 227 g/mol. The van der Waals surface area contributed by atoms with Gasteiger partial charge < -0.3 is 4.74 Å². The van der Waals surface area contributed by atoms with Gasteiger partial charge >= 0.3 is 0 Å². The van der Waals surface area contributed by atoms with Crippen molar-refractivity contribution in [3.8, 4) is 5.75 Å². The highest BCUT2D eigenvalue weighted by molar-refractivity contribution is 8.09. The Morgan fingerprint density at radius 1 is 1.42 bits per heavy atom. The molecule has 1 aromatic carbocycles. The van der Waals surface area contributed by atoms with E-state index in [0.29, 0.717) is 5.75 Å². The van der Waals surface area contributed by atoms with Crippen LogP contribution in [0.25, 0.3) is 0 Å². The summed E-state index contributed by atoms with van der Waals surface area (Å²) < 4.78 is 17.9. The van der Waals surface area contributed by atoms with Crippen molar-refractivity contribution >= 4 is 34.4 Å². The molecule has 0 atom stereocenters. The SMILES string of the molecule is COc1cccc(F)c1P(Cl)Cl. The molecule has 0 aliphatic rings. The lowest BCUT2D eigenvalue weighted by molar-refractivity contribution is 0.416. The highest BCUT2D eigenvalue weighted by atomic mass is 35.9. The van der Waals surface area contributed by atoms with Crippen LogP contribution >= 0.6 is 29.1 Å². The smallest absolute Gasteiger partial charge is 0.136 e. The molecule has 0 fully saturated rings. The van der Waals surface area contributed by atoms with Gasteiger partial charge in [-0.2, -0.15) is 0 Å². The lowest BCUT2D eigenvalue weighted by Crippen LogP contribution is -2.06. The summed E-state index contributed by atoms with van der Waals surface area (Å²) in [5, 5.41) is 0.248. The topological polar surface area (TPSA) is 9.23 Å². The lowest BCUT2D eigenvalue weighted by Gasteiger charge is -2.08. The number of rotatable bonds is 2. The molecular weight excluding hydrogens is 221 g/mol. The fourth-order valence-corrected chi connectivity index (χ4v) is 2.38. The third kappa shape index (κ3) is 2.01. The monoisotopic (exact) mass is 226 g/mol. The molecule has 0 saturated heterocycles. The van der Waals surface area contributed by atoms with Gasteiger partial charge in [-0.15, -0.1) is 0 Å². The van der Waals surface area contributed by atoms with E-state index in [2.05, 4.69) is 0 Å². The van der Waals surface area contributed by atoms with Crippen molar-refractivity contribution in [2.24, 2.45) is 0 Å². The summed E-state index contributed by atoms with van der Waals surface area (Å²) in [7, 11) is 1.45. The van der Waals surface area contributed by atoms with E-state index in [1.54, 1.807) is 12.1 Å². The fourth-order valence-electron chi connectivity index (χ4n) is 0.824. The number of halogens is 3. The van der Waals surface area contributed by atoms with E-state index in [9.17, 15) is 4.39 Å². The molecule has 0 N–H and O–H groups in total. The van der Waals surface area contributed by atoms with Gasteiger partial charge in [-0.05, 0) is 12.1 Å². The average Bonchev–Trinajstić information content (AvgIpc) is 2.03. The Balaban J connectivity index is 3.20. The quantitative estimate of drug-likeness (QED) is 0.704. The molecule has 12 heavy (non-hydrogen) atoms. The molecule has 1 nitrogen and oxygen atoms in total. The minimum absolute atomic E-state index is 0.248. The van der Waals surface area contributed by atoms with Gasteiger partial charge in [0.15, 0.2) is 0 Å². The van der Waals surface area contributed by atoms with Gasteiger partial charge in [0, 0.05) is 0 Å². The summed E-state index contributed by atoms with van der Waals surface area (Å²) in [6.45, 7) is -1.50. The van der Waals surface area contributed by atoms with Crippen molar-refractivity contribution in [3.05, 3.63) is 24.0 Å². The van der Waals surface area contributed by atoms with Gasteiger partial charge in [0.2, 0.25) is 0 Å². The zero-order valence-electron chi connectivity index (χ0n) is 6.22. The second kappa shape index (κ2) is 4.27. The maximum absolute atomic E-state index is 13.1. The van der Waals surface area contributed by atoms with E-state index in [-0.39, 0.29) is 5.30 Å². The van der Waals surface area contributed by atoms with Gasteiger partial charge in [-0.25, -0.2) is 4.39 Å². The summed E-state index contributed by atoms with van der Waals surface area (Å²) in [6.07, 6.45) is 0. The lowest BCUT2D eigenvalue weighted by atomic mass is 10.3. The number of hydrogen-bond acceptors (Lipinski definition) is 1. The second-order valence-corrected chi connectivity index (χ2v) is 5.48. The van der Waals surface area contributed by atoms with Crippen LogP contribution in [0.5, 0.6) is 5.75 Å². The van der Waals surface area contributed by atoms with Crippen LogP contribution in [0.1, 0.15) is 0 Å². The Bertz CT molecular complexity index is 280. The van der Waals surface area contributed by atoms with Crippen LogP contribution in [-0.2, 0) is 0 Å². The molecule has 0 heterocycles. The minimum atomic E-state index is -1.50. The molecule has 1 rings (SSSR count). The first-order valence-corrected chi connectivity index (χ1v) is 6.26. The molecule has 0 radical (unpaired) electrons. The molecule has 0 saturated carbocycles. The van der Waals surface area contributed by atoms with Crippen LogP contribution in [-0.4, -0.2) is 7.11 Å². The van der Waals surface area contributed by atoms with E-state index >= 15 is 0 Å². The van der Waals surface area contributed by atoms with Crippen molar-refractivity contribution in [1.29, 1.82) is 0 Å². The summed E-state index contributed by atoms with van der Waals surface area (Å²) in [4.78, 5) is 0. The van der Waals surface area contributed by atoms with Crippen molar-refractivity contribution in [2.75, 3.05) is 7.11 Å². The van der Waals surface area contributed by atoms with Gasteiger partial charge in [0.05, 0.1) is 12.4 Å². The molecule has 0 amide bonds. The largest absolute Gasteiger partial charge is 0.496 e. The molecule has 0 aliphatic heterocycles. The number of methoxy groups -OCH3 is 1. The van der Waals surface area contributed by atoms with Crippen molar-refractivity contribution in [3.63, 3.8) is 0 Å². The summed E-state index contributed by atoms with van der Waals surface area (Å²) in [6, 6.07) is 4.47. The van der Waals surface area contributed by atoms with Gasteiger partial charge in [-0.3, -0.25) is 0 Å². The first-order chi connectivity index (χ1) is 5.66. The van der Waals surface area contributed by atoms with Crippen molar-refractivity contribution in [2.45, 2.75) is 0 Å². The fraction of sp³-hybridized carbons (Fsp3) is 0.143. The maximum Gasteiger partial charge on any atom is 0.136 e. The standard InChI is InChI=1S/C7H6Cl2FOP/c1-11-6-4-2-3-5(10)7(6)12(8)9/h2-4H,1H3. The molecule has 66 valence electrons. The molecule has 0 spiro atoms. The van der Waals surface area contributed by atoms with Crippen LogP contribution in [0.4, 0.5) is 4.39 Å². The van der Waals surface area contributed by atoms with Crippen LogP contribution in [0.2, 0.25) is 0 Å². The first kappa shape index (κ1) is 10.0. The van der Waals surface area contributed by atoms with E-state index in [4.69, 9.17) is 27.2 Å². The second-order valence-electron chi connectivity index (χ2n) is 2.02. The maximum atomic E-state index is 13.1. The predicted octanol–water partition coefficient (Wildman–Crippen LogP) is 3.25. The Labute approximate surface area is 80.8 Å². The van der Waals surface area contributed by atoms with Crippen LogP contribution in [0.15, 0.2) is 18.2 Å². The number of hydrogen-bond donors (Lipinski definition) is 0. The third-order valence-corrected chi connectivity index (χ3v) is 3.12. The predicted molar refractivity (Wildman–Crippen MR) is 51.2 cm³/mol. The summed E-state index contributed by atoms with van der Waals surface area (Å²) in [5.74, 6) is -0.0310. The molecule has 0 aromatic heterocycles. The molecule has 5 heteroatoms. The molecule has 0 unspecified atom stereocenters. The molecular formula is C7H6Cl2FOP. The van der Waals surface area contributed by atoms with Crippen LogP contribution < -0.4 is 10.0 Å². The van der Waals surface area contributed by atoms with E-state index < -0.39 is 12.4 Å². The zero-order valence-corrected chi connectivity index (χ0v) is 8.63. The van der Waals surface area contributed by atoms with Gasteiger partial charge in [0.1, 0.15) is 18.2 Å². The van der Waals surface area contributed by atoms with Crippen molar-refractivity contribution < 1.29 is 9.13 Å². The minimum Gasteiger partial charge on any atom is -0.496 e. The summed E-state index contributed by atoms with van der Waals surface area (Å²) in [5.41, 5.74) is 0. The van der Waals surface area contributed by atoms with Crippen LogP contribution in [0.3, 0.4) is 0 Å². The Morgan fingerprint density at radius 3 is 2.50 bits per heavy atom. The Morgan fingerprint density at radius 2 is 2.08 bits per heavy atom. The first-order valence-electron chi connectivity index (χ1n) is 3.11. The van der Waals surface area contributed by atoms with Gasteiger partial charge in [-0.1, -0.05) is 28.5 Å². The highest BCUT2D eigenvalue weighted by Crippen LogP contribution is 2.48. The van der Waals surface area contributed by atoms with Gasteiger partial charge in [0.25, 0.3) is 0 Å². The highest BCUT2D eigenvalue weighted by Gasteiger charge is 2.15.